The molecule has 0 amide bonds. The Morgan fingerprint density at radius 1 is 1.28 bits per heavy atom. The average Bonchev–Trinajstić information content (AvgIpc) is 2.92. The molecule has 2 aromatic rings. The molecule has 0 bridgehead atoms. The van der Waals surface area contributed by atoms with Gasteiger partial charge in [-0.1, -0.05) is 6.07 Å². The lowest BCUT2D eigenvalue weighted by Crippen LogP contribution is -1.93. The fourth-order valence-corrected chi connectivity index (χ4v) is 3.33. The number of thiazole rings is 1. The van der Waals surface area contributed by atoms with Crippen molar-refractivity contribution in [1.29, 1.82) is 0 Å². The second-order valence-electron chi connectivity index (χ2n) is 3.95. The molecule has 0 saturated carbocycles. The third-order valence-corrected chi connectivity index (χ3v) is 4.61. The van der Waals surface area contributed by atoms with Gasteiger partial charge in [0.2, 0.25) is 6.79 Å². The van der Waals surface area contributed by atoms with E-state index in [2.05, 4.69) is 27.0 Å². The van der Waals surface area contributed by atoms with Gasteiger partial charge >= 0.3 is 0 Å². The van der Waals surface area contributed by atoms with Crippen molar-refractivity contribution in [2.75, 3.05) is 12.5 Å². The van der Waals surface area contributed by atoms with Gasteiger partial charge in [-0.2, -0.15) is 0 Å². The number of nitrogen functional groups attached to an aromatic ring is 1. The van der Waals surface area contributed by atoms with Gasteiger partial charge in [-0.3, -0.25) is 0 Å². The number of anilines is 1. The van der Waals surface area contributed by atoms with Crippen molar-refractivity contribution >= 4 is 32.4 Å². The number of aromatic nitrogens is 1. The molecule has 3 rings (SSSR count). The van der Waals surface area contributed by atoms with E-state index in [4.69, 9.17) is 15.2 Å². The number of benzene rings is 1. The molecule has 2 heterocycles. The Morgan fingerprint density at radius 2 is 2.11 bits per heavy atom. The fourth-order valence-electron chi connectivity index (χ4n) is 1.86. The van der Waals surface area contributed by atoms with E-state index >= 15 is 0 Å². The summed E-state index contributed by atoms with van der Waals surface area (Å²) in [4.78, 5) is 5.32. The summed E-state index contributed by atoms with van der Waals surface area (Å²) in [5.41, 5.74) is 6.88. The minimum atomic E-state index is 0.315. The van der Waals surface area contributed by atoms with E-state index in [0.29, 0.717) is 11.9 Å². The lowest BCUT2D eigenvalue weighted by Gasteiger charge is -2.02. The molecule has 1 aliphatic heterocycles. The van der Waals surface area contributed by atoms with Crippen molar-refractivity contribution in [2.45, 2.75) is 12.8 Å². The van der Waals surface area contributed by atoms with E-state index in [1.54, 1.807) is 0 Å². The summed E-state index contributed by atoms with van der Waals surface area (Å²) in [6, 6.07) is 6.04. The fraction of sp³-hybridized carbons (Fsp3) is 0.250. The Morgan fingerprint density at radius 3 is 2.89 bits per heavy atom. The van der Waals surface area contributed by atoms with Gasteiger partial charge in [-0.05, 0) is 46.5 Å². The molecule has 1 aliphatic rings. The summed E-state index contributed by atoms with van der Waals surface area (Å²) >= 11 is 4.94. The van der Waals surface area contributed by atoms with Crippen LogP contribution in [0.15, 0.2) is 22.8 Å². The number of halogens is 1. The van der Waals surface area contributed by atoms with Crippen LogP contribution in [0.4, 0.5) is 5.13 Å². The summed E-state index contributed by atoms with van der Waals surface area (Å²) in [5, 5.41) is 0.600. The first-order valence-electron chi connectivity index (χ1n) is 5.51. The predicted octanol–water partition coefficient (Wildman–Crippen LogP) is 3.00. The van der Waals surface area contributed by atoms with Crippen molar-refractivity contribution in [1.82, 2.24) is 4.98 Å². The summed E-state index contributed by atoms with van der Waals surface area (Å²) < 4.78 is 11.5. The van der Waals surface area contributed by atoms with Crippen LogP contribution in [-0.4, -0.2) is 11.8 Å². The van der Waals surface area contributed by atoms with Crippen LogP contribution in [0, 0.1) is 0 Å². The molecule has 18 heavy (non-hydrogen) atoms. The molecule has 0 saturated heterocycles. The van der Waals surface area contributed by atoms with Crippen LogP contribution in [-0.2, 0) is 12.8 Å². The molecule has 0 fully saturated rings. The minimum absolute atomic E-state index is 0.315. The predicted molar refractivity (Wildman–Crippen MR) is 74.2 cm³/mol. The van der Waals surface area contributed by atoms with Crippen molar-refractivity contribution in [3.63, 3.8) is 0 Å². The standard InChI is InChI=1S/C12H11BrN2O2S/c13-11-10(18-12(14)15-11)4-2-7-1-3-8-9(5-7)17-6-16-8/h1,3,5H,2,4,6H2,(H2,14,15). The number of ether oxygens (including phenoxy) is 2. The highest BCUT2D eigenvalue weighted by Gasteiger charge is 2.13. The SMILES string of the molecule is Nc1nc(Br)c(CCc2ccc3c(c2)OCO3)s1. The Kier molecular flexibility index (Phi) is 3.13. The molecule has 1 aromatic heterocycles. The molecule has 0 unspecified atom stereocenters. The first-order chi connectivity index (χ1) is 8.72. The third kappa shape index (κ3) is 2.30. The zero-order chi connectivity index (χ0) is 12.5. The Bertz CT molecular complexity index is 585. The average molecular weight is 327 g/mol. The number of nitrogens with zero attached hydrogens (tertiary/aromatic N) is 1. The third-order valence-electron chi connectivity index (χ3n) is 2.74. The highest BCUT2D eigenvalue weighted by molar-refractivity contribution is 9.10. The smallest absolute Gasteiger partial charge is 0.231 e. The molecule has 2 N–H and O–H groups in total. The second-order valence-corrected chi connectivity index (χ2v) is 5.82. The van der Waals surface area contributed by atoms with Crippen molar-refractivity contribution in [3.05, 3.63) is 33.2 Å². The molecular formula is C12H11BrN2O2S. The van der Waals surface area contributed by atoms with Crippen molar-refractivity contribution in [2.24, 2.45) is 0 Å². The highest BCUT2D eigenvalue weighted by atomic mass is 79.9. The van der Waals surface area contributed by atoms with Gasteiger partial charge in [0.25, 0.3) is 0 Å². The molecule has 0 radical (unpaired) electrons. The van der Waals surface area contributed by atoms with E-state index in [1.807, 2.05) is 12.1 Å². The largest absolute Gasteiger partial charge is 0.454 e. The minimum Gasteiger partial charge on any atom is -0.454 e. The quantitative estimate of drug-likeness (QED) is 0.941. The second kappa shape index (κ2) is 4.78. The summed E-state index contributed by atoms with van der Waals surface area (Å²) in [5.74, 6) is 1.65. The Hall–Kier alpha value is -1.27. The number of rotatable bonds is 3. The van der Waals surface area contributed by atoms with Gasteiger partial charge in [0.15, 0.2) is 16.6 Å². The molecule has 0 atom stereocenters. The molecule has 4 nitrogen and oxygen atoms in total. The Labute approximate surface area is 117 Å². The summed E-state index contributed by atoms with van der Waals surface area (Å²) in [7, 11) is 0. The molecule has 0 spiro atoms. The number of hydrogen-bond donors (Lipinski definition) is 1. The lowest BCUT2D eigenvalue weighted by molar-refractivity contribution is 0.174. The van der Waals surface area contributed by atoms with Crippen LogP contribution in [0.3, 0.4) is 0 Å². The van der Waals surface area contributed by atoms with Crippen LogP contribution < -0.4 is 15.2 Å². The number of aryl methyl sites for hydroxylation is 2. The maximum Gasteiger partial charge on any atom is 0.231 e. The topological polar surface area (TPSA) is 57.4 Å². The molecule has 94 valence electrons. The van der Waals surface area contributed by atoms with E-state index in [0.717, 1.165) is 28.9 Å². The van der Waals surface area contributed by atoms with Crippen LogP contribution in [0.1, 0.15) is 10.4 Å². The number of nitrogens with two attached hydrogens (primary N) is 1. The maximum atomic E-state index is 5.66. The van der Waals surface area contributed by atoms with Crippen LogP contribution in [0.25, 0.3) is 0 Å². The number of fused-ring (bicyclic) bond motifs is 1. The van der Waals surface area contributed by atoms with E-state index in [1.165, 1.54) is 21.8 Å². The van der Waals surface area contributed by atoms with Crippen LogP contribution in [0.5, 0.6) is 11.5 Å². The zero-order valence-electron chi connectivity index (χ0n) is 9.48. The van der Waals surface area contributed by atoms with Gasteiger partial charge in [-0.15, -0.1) is 11.3 Å². The van der Waals surface area contributed by atoms with E-state index in [9.17, 15) is 0 Å². The highest BCUT2D eigenvalue weighted by Crippen LogP contribution is 2.33. The van der Waals surface area contributed by atoms with Gasteiger partial charge in [0.1, 0.15) is 4.60 Å². The van der Waals surface area contributed by atoms with Crippen LogP contribution in [0.2, 0.25) is 0 Å². The first kappa shape index (κ1) is 11.8. The lowest BCUT2D eigenvalue weighted by atomic mass is 10.1. The molecule has 1 aromatic carbocycles. The maximum absolute atomic E-state index is 5.66. The van der Waals surface area contributed by atoms with Gasteiger partial charge < -0.3 is 15.2 Å². The number of hydrogen-bond acceptors (Lipinski definition) is 5. The summed E-state index contributed by atoms with van der Waals surface area (Å²) in [6.45, 7) is 0.315. The van der Waals surface area contributed by atoms with Crippen molar-refractivity contribution in [3.8, 4) is 11.5 Å². The molecular weight excluding hydrogens is 316 g/mol. The first-order valence-corrected chi connectivity index (χ1v) is 7.12. The Balaban J connectivity index is 1.72. The van der Waals surface area contributed by atoms with Gasteiger partial charge in [0.05, 0.1) is 0 Å². The van der Waals surface area contributed by atoms with Crippen molar-refractivity contribution < 1.29 is 9.47 Å². The normalized spacial score (nSPS) is 12.9. The van der Waals surface area contributed by atoms with E-state index in [-0.39, 0.29) is 0 Å². The van der Waals surface area contributed by atoms with Gasteiger partial charge in [0, 0.05) is 4.88 Å². The zero-order valence-corrected chi connectivity index (χ0v) is 11.9. The molecule has 0 aliphatic carbocycles. The van der Waals surface area contributed by atoms with Gasteiger partial charge in [-0.25, -0.2) is 4.98 Å². The van der Waals surface area contributed by atoms with Crippen LogP contribution >= 0.6 is 27.3 Å². The summed E-state index contributed by atoms with van der Waals surface area (Å²) in [6.07, 6.45) is 1.84. The molecule has 6 heteroatoms. The van der Waals surface area contributed by atoms with E-state index < -0.39 is 0 Å². The monoisotopic (exact) mass is 326 g/mol.